The van der Waals surface area contributed by atoms with E-state index in [0.29, 0.717) is 16.3 Å². The summed E-state index contributed by atoms with van der Waals surface area (Å²) in [5.74, 6) is -5.11. The Morgan fingerprint density at radius 1 is 1.03 bits per heavy atom. The molecule has 0 fully saturated rings. The molecule has 0 saturated carbocycles. The summed E-state index contributed by atoms with van der Waals surface area (Å²) >= 11 is 6.03. The SMILES string of the molecule is CCc1cc(NC(=O)n2cc(-c3ccc(Cl)cc3)c(-c3ccc(C)cc3)n2)cc2c1OC(F)(F)C2(F)F. The first-order valence-electron chi connectivity index (χ1n) is 11.4. The smallest absolute Gasteiger partial charge is 0.427 e. The molecule has 1 N–H and O–H groups in total. The summed E-state index contributed by atoms with van der Waals surface area (Å²) in [6.45, 7) is 3.56. The minimum Gasteiger partial charge on any atom is -0.427 e. The van der Waals surface area contributed by atoms with Crippen molar-refractivity contribution in [3.05, 3.63) is 88.6 Å². The van der Waals surface area contributed by atoms with Crippen molar-refractivity contribution in [3.8, 4) is 28.1 Å². The van der Waals surface area contributed by atoms with Crippen LogP contribution in [-0.2, 0) is 12.3 Å². The Labute approximate surface area is 214 Å². The maximum Gasteiger partial charge on any atom is 0.469 e. The molecule has 0 aliphatic carbocycles. The van der Waals surface area contributed by atoms with Gasteiger partial charge in [-0.1, -0.05) is 60.5 Å². The highest BCUT2D eigenvalue weighted by atomic mass is 35.5. The second-order valence-electron chi connectivity index (χ2n) is 8.70. The van der Waals surface area contributed by atoms with E-state index in [0.717, 1.165) is 27.4 Å². The summed E-state index contributed by atoms with van der Waals surface area (Å²) in [7, 11) is 0. The molecule has 0 radical (unpaired) electrons. The average molecular weight is 530 g/mol. The molecule has 37 heavy (non-hydrogen) atoms. The predicted octanol–water partition coefficient (Wildman–Crippen LogP) is 7.90. The molecule has 1 amide bonds. The van der Waals surface area contributed by atoms with Crippen molar-refractivity contribution in [1.82, 2.24) is 9.78 Å². The molecule has 2 heterocycles. The molecule has 3 aromatic carbocycles. The van der Waals surface area contributed by atoms with Crippen LogP contribution >= 0.6 is 11.6 Å². The highest BCUT2D eigenvalue weighted by molar-refractivity contribution is 6.30. The minimum atomic E-state index is -4.68. The zero-order valence-corrected chi connectivity index (χ0v) is 20.4. The number of hydrogen-bond acceptors (Lipinski definition) is 3. The van der Waals surface area contributed by atoms with Gasteiger partial charge in [-0.3, -0.25) is 0 Å². The molecule has 5 rings (SSSR count). The lowest BCUT2D eigenvalue weighted by molar-refractivity contribution is -0.296. The van der Waals surface area contributed by atoms with Gasteiger partial charge in [-0.05, 0) is 48.7 Å². The number of fused-ring (bicyclic) bond motifs is 1. The minimum absolute atomic E-state index is 0.0815. The van der Waals surface area contributed by atoms with Gasteiger partial charge in [0.25, 0.3) is 0 Å². The molecule has 1 aromatic heterocycles. The van der Waals surface area contributed by atoms with Gasteiger partial charge in [0.1, 0.15) is 11.4 Å². The van der Waals surface area contributed by atoms with Gasteiger partial charge in [-0.25, -0.2) is 4.79 Å². The Morgan fingerprint density at radius 2 is 1.68 bits per heavy atom. The zero-order valence-electron chi connectivity index (χ0n) is 19.7. The van der Waals surface area contributed by atoms with Crippen molar-refractivity contribution in [1.29, 1.82) is 0 Å². The quantitative estimate of drug-likeness (QED) is 0.273. The number of amides is 1. The van der Waals surface area contributed by atoms with Crippen molar-refractivity contribution in [2.24, 2.45) is 0 Å². The number of ether oxygens (including phenoxy) is 1. The summed E-state index contributed by atoms with van der Waals surface area (Å²) in [5.41, 5.74) is 2.77. The molecule has 1 aliphatic heterocycles. The number of rotatable bonds is 4. The van der Waals surface area contributed by atoms with E-state index in [1.807, 2.05) is 31.2 Å². The number of anilines is 1. The molecular formula is C27H20ClF4N3O2. The lowest BCUT2D eigenvalue weighted by Crippen LogP contribution is -2.37. The van der Waals surface area contributed by atoms with E-state index in [2.05, 4.69) is 15.2 Å². The maximum atomic E-state index is 14.3. The molecule has 10 heteroatoms. The molecule has 5 nitrogen and oxygen atoms in total. The number of carbonyl (C=O) groups is 1. The van der Waals surface area contributed by atoms with Gasteiger partial charge in [0, 0.05) is 28.0 Å². The molecule has 0 atom stereocenters. The molecule has 0 unspecified atom stereocenters. The predicted molar refractivity (Wildman–Crippen MR) is 133 cm³/mol. The highest BCUT2D eigenvalue weighted by Crippen LogP contribution is 2.55. The molecule has 0 saturated heterocycles. The van der Waals surface area contributed by atoms with E-state index in [4.69, 9.17) is 11.6 Å². The number of aryl methyl sites for hydroxylation is 2. The van der Waals surface area contributed by atoms with Crippen molar-refractivity contribution in [3.63, 3.8) is 0 Å². The number of nitrogens with zero attached hydrogens (tertiary/aromatic N) is 2. The third kappa shape index (κ3) is 4.33. The summed E-state index contributed by atoms with van der Waals surface area (Å²) in [6.07, 6.45) is -3.04. The lowest BCUT2D eigenvalue weighted by Gasteiger charge is -2.16. The van der Waals surface area contributed by atoms with Gasteiger partial charge < -0.3 is 10.1 Å². The van der Waals surface area contributed by atoms with Crippen molar-refractivity contribution in [2.45, 2.75) is 32.3 Å². The van der Waals surface area contributed by atoms with Gasteiger partial charge >= 0.3 is 18.1 Å². The maximum absolute atomic E-state index is 14.3. The second kappa shape index (κ2) is 8.92. The Morgan fingerprint density at radius 3 is 2.32 bits per heavy atom. The van der Waals surface area contributed by atoms with E-state index < -0.39 is 29.4 Å². The Bertz CT molecular complexity index is 1440. The fraction of sp³-hybridized carbons (Fsp3) is 0.185. The summed E-state index contributed by atoms with van der Waals surface area (Å²) in [6, 6.07) is 15.9. The van der Waals surface area contributed by atoms with E-state index in [1.165, 1.54) is 12.3 Å². The van der Waals surface area contributed by atoms with Gasteiger partial charge in [0.2, 0.25) is 0 Å². The normalized spacial score (nSPS) is 15.2. The van der Waals surface area contributed by atoms with Crippen LogP contribution in [0.1, 0.15) is 23.6 Å². The number of aromatic nitrogens is 2. The molecule has 4 aromatic rings. The Balaban J connectivity index is 1.53. The molecule has 1 aliphatic rings. The number of carbonyl (C=O) groups excluding carboxylic acids is 1. The van der Waals surface area contributed by atoms with Crippen molar-refractivity contribution < 1.29 is 27.1 Å². The van der Waals surface area contributed by atoms with Gasteiger partial charge in [-0.15, -0.1) is 0 Å². The first kappa shape index (κ1) is 24.8. The van der Waals surface area contributed by atoms with Gasteiger partial charge in [-0.2, -0.15) is 27.3 Å². The topological polar surface area (TPSA) is 56.2 Å². The van der Waals surface area contributed by atoms with Crippen LogP contribution in [0.4, 0.5) is 28.0 Å². The van der Waals surface area contributed by atoms with Crippen LogP contribution in [0, 0.1) is 6.92 Å². The van der Waals surface area contributed by atoms with Gasteiger partial charge in [0.05, 0.1) is 5.56 Å². The summed E-state index contributed by atoms with van der Waals surface area (Å²) < 4.78 is 61.7. The first-order valence-corrected chi connectivity index (χ1v) is 11.7. The monoisotopic (exact) mass is 529 g/mol. The Kier molecular flexibility index (Phi) is 5.98. The standard InChI is InChI=1S/C27H20ClF4N3O2/c1-3-16-12-20(13-22-24(16)37-27(31,32)26(22,29)30)33-25(36)35-14-21(17-8-10-19(28)11-9-17)23(34-35)18-6-4-15(2)5-7-18/h4-14H,3H2,1-2H3,(H,33,36). The number of hydrogen-bond donors (Lipinski definition) is 1. The van der Waals surface area contributed by atoms with Crippen molar-refractivity contribution in [2.75, 3.05) is 5.32 Å². The summed E-state index contributed by atoms with van der Waals surface area (Å²) in [5, 5.41) is 7.49. The number of benzene rings is 3. The third-order valence-electron chi connectivity index (χ3n) is 6.13. The van der Waals surface area contributed by atoms with E-state index in [1.54, 1.807) is 31.2 Å². The van der Waals surface area contributed by atoms with Crippen LogP contribution in [0.15, 0.2) is 66.9 Å². The fourth-order valence-electron chi connectivity index (χ4n) is 4.15. The summed E-state index contributed by atoms with van der Waals surface area (Å²) in [4.78, 5) is 13.1. The van der Waals surface area contributed by atoms with Crippen LogP contribution in [0.5, 0.6) is 5.75 Å². The molecule has 190 valence electrons. The molecule has 0 bridgehead atoms. The number of alkyl halides is 4. The van der Waals surface area contributed by atoms with E-state index in [9.17, 15) is 22.4 Å². The van der Waals surface area contributed by atoms with Crippen LogP contribution in [-0.4, -0.2) is 21.9 Å². The number of halogens is 5. The van der Waals surface area contributed by atoms with Gasteiger partial charge in [0.15, 0.2) is 0 Å². The molecule has 0 spiro atoms. The zero-order chi connectivity index (χ0) is 26.5. The fourth-order valence-corrected chi connectivity index (χ4v) is 4.28. The van der Waals surface area contributed by atoms with E-state index >= 15 is 0 Å². The Hall–Kier alpha value is -3.85. The first-order chi connectivity index (χ1) is 17.5. The van der Waals surface area contributed by atoms with Crippen molar-refractivity contribution >= 4 is 23.3 Å². The third-order valence-corrected chi connectivity index (χ3v) is 6.39. The van der Waals surface area contributed by atoms with E-state index in [-0.39, 0.29) is 17.7 Å². The van der Waals surface area contributed by atoms with Crippen LogP contribution in [0.25, 0.3) is 22.4 Å². The second-order valence-corrected chi connectivity index (χ2v) is 9.13. The number of nitrogens with one attached hydrogen (secondary N) is 1. The van der Waals surface area contributed by atoms with Crippen LogP contribution in [0.3, 0.4) is 0 Å². The van der Waals surface area contributed by atoms with Crippen LogP contribution < -0.4 is 10.1 Å². The average Bonchev–Trinajstić information content (AvgIpc) is 3.37. The molecular weight excluding hydrogens is 510 g/mol. The van der Waals surface area contributed by atoms with Crippen LogP contribution in [0.2, 0.25) is 5.02 Å². The largest absolute Gasteiger partial charge is 0.469 e. The lowest BCUT2D eigenvalue weighted by atomic mass is 10.0. The highest BCUT2D eigenvalue weighted by Gasteiger charge is 2.67.